The SMILES string of the molecule is OCCCCCCN1c2ccccc2Sc2ccccc21. The molecule has 0 saturated heterocycles. The minimum absolute atomic E-state index is 0.312. The zero-order valence-electron chi connectivity index (χ0n) is 12.2. The molecule has 0 radical (unpaired) electrons. The van der Waals surface area contributed by atoms with Gasteiger partial charge in [0.2, 0.25) is 0 Å². The zero-order valence-corrected chi connectivity index (χ0v) is 13.0. The number of aliphatic hydroxyl groups excluding tert-OH is 1. The van der Waals surface area contributed by atoms with Crippen LogP contribution in [0.25, 0.3) is 0 Å². The van der Waals surface area contributed by atoms with Gasteiger partial charge in [0.25, 0.3) is 0 Å². The summed E-state index contributed by atoms with van der Waals surface area (Å²) in [6, 6.07) is 17.3. The molecule has 0 aromatic heterocycles. The normalized spacial score (nSPS) is 12.9. The van der Waals surface area contributed by atoms with Crippen LogP contribution in [0, 0.1) is 0 Å². The second kappa shape index (κ2) is 7.01. The first-order chi connectivity index (χ1) is 10.4. The van der Waals surface area contributed by atoms with Crippen molar-refractivity contribution in [3.8, 4) is 0 Å². The molecule has 0 atom stereocenters. The molecular weight excluding hydrogens is 278 g/mol. The topological polar surface area (TPSA) is 23.5 Å². The minimum atomic E-state index is 0.312. The molecule has 1 aliphatic heterocycles. The first-order valence-electron chi connectivity index (χ1n) is 7.64. The first kappa shape index (κ1) is 14.5. The Kier molecular flexibility index (Phi) is 4.84. The van der Waals surface area contributed by atoms with E-state index in [0.717, 1.165) is 25.8 Å². The van der Waals surface area contributed by atoms with Crippen LogP contribution in [-0.2, 0) is 0 Å². The molecule has 3 heteroatoms. The Morgan fingerprint density at radius 3 is 1.95 bits per heavy atom. The van der Waals surface area contributed by atoms with E-state index in [9.17, 15) is 0 Å². The largest absolute Gasteiger partial charge is 0.396 e. The van der Waals surface area contributed by atoms with E-state index in [1.54, 1.807) is 0 Å². The first-order valence-corrected chi connectivity index (χ1v) is 8.46. The van der Waals surface area contributed by atoms with Gasteiger partial charge in [-0.25, -0.2) is 0 Å². The Labute approximate surface area is 130 Å². The average Bonchev–Trinajstić information content (AvgIpc) is 2.53. The van der Waals surface area contributed by atoms with Gasteiger partial charge in [-0.05, 0) is 37.1 Å². The standard InChI is InChI=1S/C18H21NOS/c20-14-8-2-1-7-13-19-15-9-3-5-11-17(15)21-18-12-6-4-10-16(18)19/h3-6,9-12,20H,1-2,7-8,13-14H2. The van der Waals surface area contributed by atoms with Crippen LogP contribution in [0.5, 0.6) is 0 Å². The number of anilines is 2. The van der Waals surface area contributed by atoms with Gasteiger partial charge in [0.1, 0.15) is 0 Å². The summed E-state index contributed by atoms with van der Waals surface area (Å²) in [5, 5.41) is 8.86. The fourth-order valence-corrected chi connectivity index (χ4v) is 3.85. The Hall–Kier alpha value is -1.45. The number of fused-ring (bicyclic) bond motifs is 2. The van der Waals surface area contributed by atoms with Crippen molar-refractivity contribution in [3.63, 3.8) is 0 Å². The molecule has 2 aromatic carbocycles. The number of nitrogens with zero attached hydrogens (tertiary/aromatic N) is 1. The number of rotatable bonds is 6. The molecule has 1 aliphatic rings. The molecule has 0 fully saturated rings. The van der Waals surface area contributed by atoms with Gasteiger partial charge in [-0.3, -0.25) is 0 Å². The summed E-state index contributed by atoms with van der Waals surface area (Å²) in [5.74, 6) is 0. The third-order valence-corrected chi connectivity index (χ3v) is 4.95. The molecule has 1 heterocycles. The van der Waals surface area contributed by atoms with Gasteiger partial charge in [-0.15, -0.1) is 0 Å². The predicted molar refractivity (Wildman–Crippen MR) is 89.6 cm³/mol. The smallest absolute Gasteiger partial charge is 0.0552 e. The number of hydrogen-bond acceptors (Lipinski definition) is 3. The monoisotopic (exact) mass is 299 g/mol. The quantitative estimate of drug-likeness (QED) is 0.772. The van der Waals surface area contributed by atoms with Crippen molar-refractivity contribution < 1.29 is 5.11 Å². The number of hydrogen-bond donors (Lipinski definition) is 1. The molecule has 2 aromatic rings. The molecule has 1 N–H and O–H groups in total. The van der Waals surface area contributed by atoms with Crippen LogP contribution in [0.4, 0.5) is 11.4 Å². The van der Waals surface area contributed by atoms with Gasteiger partial charge < -0.3 is 10.0 Å². The average molecular weight is 299 g/mol. The lowest BCUT2D eigenvalue weighted by Crippen LogP contribution is -2.21. The predicted octanol–water partition coefficient (Wildman–Crippen LogP) is 4.84. The van der Waals surface area contributed by atoms with Crippen molar-refractivity contribution in [1.29, 1.82) is 0 Å². The van der Waals surface area contributed by atoms with E-state index in [2.05, 4.69) is 53.4 Å². The lowest BCUT2D eigenvalue weighted by molar-refractivity contribution is 0.282. The van der Waals surface area contributed by atoms with Gasteiger partial charge in [0.15, 0.2) is 0 Å². The molecule has 3 rings (SSSR count). The van der Waals surface area contributed by atoms with E-state index >= 15 is 0 Å². The molecule has 110 valence electrons. The van der Waals surface area contributed by atoms with E-state index in [1.165, 1.54) is 27.6 Å². The van der Waals surface area contributed by atoms with Crippen LogP contribution >= 0.6 is 11.8 Å². The number of unbranched alkanes of at least 4 members (excludes halogenated alkanes) is 3. The number of benzene rings is 2. The molecule has 0 aliphatic carbocycles. The molecule has 0 bridgehead atoms. The van der Waals surface area contributed by atoms with Crippen LogP contribution in [0.3, 0.4) is 0 Å². The van der Waals surface area contributed by atoms with Gasteiger partial charge in [0, 0.05) is 22.9 Å². The van der Waals surface area contributed by atoms with Crippen LogP contribution < -0.4 is 4.90 Å². The van der Waals surface area contributed by atoms with E-state index < -0.39 is 0 Å². The lowest BCUT2D eigenvalue weighted by Gasteiger charge is -2.32. The maximum absolute atomic E-state index is 8.86. The summed E-state index contributed by atoms with van der Waals surface area (Å²) < 4.78 is 0. The van der Waals surface area contributed by atoms with E-state index in [1.807, 2.05) is 11.8 Å². The van der Waals surface area contributed by atoms with Crippen molar-refractivity contribution in [1.82, 2.24) is 0 Å². The van der Waals surface area contributed by atoms with Crippen LogP contribution in [-0.4, -0.2) is 18.3 Å². The second-order valence-electron chi connectivity index (χ2n) is 5.33. The van der Waals surface area contributed by atoms with Crippen LogP contribution in [0.1, 0.15) is 25.7 Å². The van der Waals surface area contributed by atoms with Gasteiger partial charge in [-0.1, -0.05) is 48.9 Å². The molecule has 0 amide bonds. The van der Waals surface area contributed by atoms with Crippen molar-refractivity contribution >= 4 is 23.1 Å². The van der Waals surface area contributed by atoms with Gasteiger partial charge in [-0.2, -0.15) is 0 Å². The molecule has 21 heavy (non-hydrogen) atoms. The van der Waals surface area contributed by atoms with E-state index in [0.29, 0.717) is 6.61 Å². The third-order valence-electron chi connectivity index (χ3n) is 3.82. The summed E-state index contributed by atoms with van der Waals surface area (Å²) in [4.78, 5) is 5.12. The molecule has 2 nitrogen and oxygen atoms in total. The summed E-state index contributed by atoms with van der Waals surface area (Å²) in [6.07, 6.45) is 4.37. The minimum Gasteiger partial charge on any atom is -0.396 e. The van der Waals surface area contributed by atoms with Crippen molar-refractivity contribution in [3.05, 3.63) is 48.5 Å². The Balaban J connectivity index is 1.78. The summed E-state index contributed by atoms with van der Waals surface area (Å²) in [7, 11) is 0. The number of aliphatic hydroxyl groups is 1. The fourth-order valence-electron chi connectivity index (χ4n) is 2.76. The second-order valence-corrected chi connectivity index (χ2v) is 6.41. The van der Waals surface area contributed by atoms with E-state index in [4.69, 9.17) is 5.11 Å². The lowest BCUT2D eigenvalue weighted by atomic mass is 10.1. The Morgan fingerprint density at radius 2 is 1.33 bits per heavy atom. The van der Waals surface area contributed by atoms with Crippen LogP contribution in [0.15, 0.2) is 58.3 Å². The fraction of sp³-hybridized carbons (Fsp3) is 0.333. The van der Waals surface area contributed by atoms with Crippen molar-refractivity contribution in [2.75, 3.05) is 18.1 Å². The summed E-state index contributed by atoms with van der Waals surface area (Å²) in [6.45, 7) is 1.35. The van der Waals surface area contributed by atoms with Gasteiger partial charge >= 0.3 is 0 Å². The Bertz CT molecular complexity index is 554. The van der Waals surface area contributed by atoms with Crippen LogP contribution in [0.2, 0.25) is 0 Å². The molecular formula is C18H21NOS. The van der Waals surface area contributed by atoms with Crippen molar-refractivity contribution in [2.24, 2.45) is 0 Å². The maximum Gasteiger partial charge on any atom is 0.0552 e. The Morgan fingerprint density at radius 1 is 0.762 bits per heavy atom. The highest BCUT2D eigenvalue weighted by atomic mass is 32.2. The van der Waals surface area contributed by atoms with Gasteiger partial charge in [0.05, 0.1) is 11.4 Å². The van der Waals surface area contributed by atoms with E-state index in [-0.39, 0.29) is 0 Å². The van der Waals surface area contributed by atoms with Crippen molar-refractivity contribution in [2.45, 2.75) is 35.5 Å². The summed E-state index contributed by atoms with van der Waals surface area (Å²) >= 11 is 1.86. The molecule has 0 saturated carbocycles. The highest BCUT2D eigenvalue weighted by Gasteiger charge is 2.21. The zero-order chi connectivity index (χ0) is 14.5. The maximum atomic E-state index is 8.86. The number of para-hydroxylation sites is 2. The molecule has 0 unspecified atom stereocenters. The highest BCUT2D eigenvalue weighted by Crippen LogP contribution is 2.47. The summed E-state index contributed by atoms with van der Waals surface area (Å²) in [5.41, 5.74) is 2.65. The highest BCUT2D eigenvalue weighted by molar-refractivity contribution is 7.99. The third kappa shape index (κ3) is 3.25. The molecule has 0 spiro atoms.